The van der Waals surface area contributed by atoms with Crippen molar-refractivity contribution in [1.29, 1.82) is 0 Å². The summed E-state index contributed by atoms with van der Waals surface area (Å²) in [6.07, 6.45) is 6.43. The summed E-state index contributed by atoms with van der Waals surface area (Å²) in [5, 5.41) is 3.39. The highest BCUT2D eigenvalue weighted by Crippen LogP contribution is 2.29. The van der Waals surface area contributed by atoms with E-state index in [0.29, 0.717) is 17.9 Å². The van der Waals surface area contributed by atoms with Crippen molar-refractivity contribution in [1.82, 2.24) is 10.2 Å². The molecule has 1 atom stereocenters. The van der Waals surface area contributed by atoms with E-state index in [1.165, 1.54) is 30.4 Å². The number of amides is 1. The van der Waals surface area contributed by atoms with Crippen molar-refractivity contribution in [2.45, 2.75) is 58.0 Å². The van der Waals surface area contributed by atoms with Gasteiger partial charge in [0.2, 0.25) is 5.91 Å². The predicted molar refractivity (Wildman–Crippen MR) is 89.6 cm³/mol. The van der Waals surface area contributed by atoms with Gasteiger partial charge in [0, 0.05) is 19.0 Å². The molecule has 1 saturated carbocycles. The van der Waals surface area contributed by atoms with Gasteiger partial charge in [0.25, 0.3) is 0 Å². The van der Waals surface area contributed by atoms with E-state index in [-0.39, 0.29) is 0 Å². The summed E-state index contributed by atoms with van der Waals surface area (Å²) in [6.45, 7) is 5.17. The average Bonchev–Trinajstić information content (AvgIpc) is 3.26. The van der Waals surface area contributed by atoms with Crippen molar-refractivity contribution >= 4 is 5.91 Å². The SMILES string of the molecule is CCc1ccc(CN(C(=O)CCC2CCNC2)C2CC2)cc1. The molecule has 3 rings (SSSR count). The minimum absolute atomic E-state index is 0.356. The van der Waals surface area contributed by atoms with Gasteiger partial charge in [-0.05, 0) is 62.2 Å². The number of rotatable bonds is 7. The largest absolute Gasteiger partial charge is 0.335 e. The molecule has 1 saturated heterocycles. The Morgan fingerprint density at radius 1 is 1.18 bits per heavy atom. The van der Waals surface area contributed by atoms with Crippen molar-refractivity contribution < 1.29 is 4.79 Å². The summed E-state index contributed by atoms with van der Waals surface area (Å²) in [5.41, 5.74) is 2.63. The summed E-state index contributed by atoms with van der Waals surface area (Å²) in [7, 11) is 0. The van der Waals surface area contributed by atoms with Crippen LogP contribution in [-0.4, -0.2) is 29.9 Å². The van der Waals surface area contributed by atoms with E-state index < -0.39 is 0 Å². The number of nitrogens with zero attached hydrogens (tertiary/aromatic N) is 1. The molecule has 3 nitrogen and oxygen atoms in total. The van der Waals surface area contributed by atoms with Gasteiger partial charge < -0.3 is 10.2 Å². The Balaban J connectivity index is 1.55. The molecule has 0 bridgehead atoms. The van der Waals surface area contributed by atoms with Crippen LogP contribution in [0.5, 0.6) is 0 Å². The van der Waals surface area contributed by atoms with Gasteiger partial charge in [0.15, 0.2) is 0 Å². The summed E-state index contributed by atoms with van der Waals surface area (Å²) >= 11 is 0. The molecule has 0 aromatic heterocycles. The van der Waals surface area contributed by atoms with E-state index in [1.54, 1.807) is 0 Å². The molecular weight excluding hydrogens is 272 g/mol. The molecule has 1 heterocycles. The third-order valence-corrected chi connectivity index (χ3v) is 5.02. The number of hydrogen-bond acceptors (Lipinski definition) is 2. The van der Waals surface area contributed by atoms with E-state index in [9.17, 15) is 4.79 Å². The van der Waals surface area contributed by atoms with E-state index in [0.717, 1.165) is 38.9 Å². The van der Waals surface area contributed by atoms with Crippen LogP contribution in [0.25, 0.3) is 0 Å². The number of hydrogen-bond donors (Lipinski definition) is 1. The zero-order chi connectivity index (χ0) is 15.4. The normalized spacial score (nSPS) is 21.0. The Morgan fingerprint density at radius 3 is 2.50 bits per heavy atom. The van der Waals surface area contributed by atoms with E-state index in [4.69, 9.17) is 0 Å². The van der Waals surface area contributed by atoms with E-state index in [2.05, 4.69) is 41.4 Å². The van der Waals surface area contributed by atoms with Gasteiger partial charge in [-0.1, -0.05) is 31.2 Å². The molecule has 1 unspecified atom stereocenters. The number of nitrogens with one attached hydrogen (secondary N) is 1. The Bertz CT molecular complexity index is 487. The van der Waals surface area contributed by atoms with E-state index >= 15 is 0 Å². The fourth-order valence-electron chi connectivity index (χ4n) is 3.32. The Hall–Kier alpha value is -1.35. The summed E-state index contributed by atoms with van der Waals surface area (Å²) in [4.78, 5) is 14.7. The maximum Gasteiger partial charge on any atom is 0.223 e. The predicted octanol–water partition coefficient (Wildman–Crippen LogP) is 3.13. The standard InChI is InChI=1S/C19H28N2O/c1-2-15-3-5-17(6-4-15)14-21(18-8-9-18)19(22)10-7-16-11-12-20-13-16/h3-6,16,18,20H,2,7-14H2,1H3. The fourth-order valence-corrected chi connectivity index (χ4v) is 3.32. The lowest BCUT2D eigenvalue weighted by atomic mass is 10.0. The van der Waals surface area contributed by atoms with E-state index in [1.807, 2.05) is 0 Å². The van der Waals surface area contributed by atoms with Crippen LogP contribution in [-0.2, 0) is 17.8 Å². The second-order valence-electron chi connectivity index (χ2n) is 6.82. The van der Waals surface area contributed by atoms with Crippen LogP contribution in [0, 0.1) is 5.92 Å². The van der Waals surface area contributed by atoms with Gasteiger partial charge >= 0.3 is 0 Å². The van der Waals surface area contributed by atoms with Crippen molar-refractivity contribution in [3.8, 4) is 0 Å². The molecule has 120 valence electrons. The van der Waals surface area contributed by atoms with Crippen LogP contribution in [0.3, 0.4) is 0 Å². The third kappa shape index (κ3) is 4.10. The second-order valence-corrected chi connectivity index (χ2v) is 6.82. The molecule has 1 amide bonds. The Labute approximate surface area is 134 Å². The summed E-state index contributed by atoms with van der Waals surface area (Å²) < 4.78 is 0. The van der Waals surface area contributed by atoms with Crippen LogP contribution < -0.4 is 5.32 Å². The van der Waals surface area contributed by atoms with Crippen LogP contribution in [0.4, 0.5) is 0 Å². The molecular formula is C19H28N2O. The first-order valence-corrected chi connectivity index (χ1v) is 8.84. The topological polar surface area (TPSA) is 32.3 Å². The molecule has 1 N–H and O–H groups in total. The smallest absolute Gasteiger partial charge is 0.223 e. The van der Waals surface area contributed by atoms with Gasteiger partial charge in [0.05, 0.1) is 0 Å². The molecule has 3 heteroatoms. The zero-order valence-corrected chi connectivity index (χ0v) is 13.7. The van der Waals surface area contributed by atoms with Gasteiger partial charge in [-0.15, -0.1) is 0 Å². The minimum Gasteiger partial charge on any atom is -0.335 e. The molecule has 1 aromatic rings. The third-order valence-electron chi connectivity index (χ3n) is 5.02. The van der Waals surface area contributed by atoms with Crippen LogP contribution >= 0.6 is 0 Å². The van der Waals surface area contributed by atoms with Gasteiger partial charge in [-0.2, -0.15) is 0 Å². The second kappa shape index (κ2) is 7.28. The fraction of sp³-hybridized carbons (Fsp3) is 0.632. The average molecular weight is 300 g/mol. The molecule has 2 fully saturated rings. The highest BCUT2D eigenvalue weighted by atomic mass is 16.2. The van der Waals surface area contributed by atoms with Crippen molar-refractivity contribution in [2.75, 3.05) is 13.1 Å². The van der Waals surface area contributed by atoms with Crippen molar-refractivity contribution in [3.63, 3.8) is 0 Å². The molecule has 22 heavy (non-hydrogen) atoms. The summed E-state index contributed by atoms with van der Waals surface area (Å²) in [5.74, 6) is 1.06. The maximum absolute atomic E-state index is 12.6. The van der Waals surface area contributed by atoms with Crippen LogP contribution in [0.2, 0.25) is 0 Å². The van der Waals surface area contributed by atoms with Crippen LogP contribution in [0.1, 0.15) is 50.2 Å². The lowest BCUT2D eigenvalue weighted by Gasteiger charge is -2.23. The van der Waals surface area contributed by atoms with Gasteiger partial charge in [0.1, 0.15) is 0 Å². The quantitative estimate of drug-likeness (QED) is 0.839. The first kappa shape index (κ1) is 15.5. The van der Waals surface area contributed by atoms with Crippen molar-refractivity contribution in [3.05, 3.63) is 35.4 Å². The van der Waals surface area contributed by atoms with Gasteiger partial charge in [-0.25, -0.2) is 0 Å². The first-order chi connectivity index (χ1) is 10.8. The molecule has 0 radical (unpaired) electrons. The van der Waals surface area contributed by atoms with Gasteiger partial charge in [-0.3, -0.25) is 4.79 Å². The number of carbonyl (C=O) groups excluding carboxylic acids is 1. The molecule has 1 aliphatic heterocycles. The lowest BCUT2D eigenvalue weighted by Crippen LogP contribution is -2.32. The molecule has 2 aliphatic rings. The lowest BCUT2D eigenvalue weighted by molar-refractivity contribution is -0.132. The Morgan fingerprint density at radius 2 is 1.91 bits per heavy atom. The van der Waals surface area contributed by atoms with Crippen LogP contribution in [0.15, 0.2) is 24.3 Å². The maximum atomic E-state index is 12.6. The minimum atomic E-state index is 0.356. The number of benzene rings is 1. The monoisotopic (exact) mass is 300 g/mol. The number of aryl methyl sites for hydroxylation is 1. The first-order valence-electron chi connectivity index (χ1n) is 8.84. The molecule has 1 aromatic carbocycles. The number of carbonyl (C=O) groups is 1. The highest BCUT2D eigenvalue weighted by molar-refractivity contribution is 5.76. The molecule has 1 aliphatic carbocycles. The van der Waals surface area contributed by atoms with Crippen molar-refractivity contribution in [2.24, 2.45) is 5.92 Å². The molecule has 0 spiro atoms. The zero-order valence-electron chi connectivity index (χ0n) is 13.7. The Kier molecular flexibility index (Phi) is 5.14. The summed E-state index contributed by atoms with van der Waals surface area (Å²) in [6, 6.07) is 9.25. The highest BCUT2D eigenvalue weighted by Gasteiger charge is 2.32.